The van der Waals surface area contributed by atoms with Gasteiger partial charge in [0.2, 0.25) is 0 Å². The van der Waals surface area contributed by atoms with Crippen LogP contribution in [0.25, 0.3) is 0 Å². The second-order valence-electron chi connectivity index (χ2n) is 4.18. The van der Waals surface area contributed by atoms with E-state index in [0.29, 0.717) is 6.61 Å². The van der Waals surface area contributed by atoms with Crippen LogP contribution in [0.5, 0.6) is 0 Å². The Bertz CT molecular complexity index is 178. The third-order valence-electron chi connectivity index (χ3n) is 2.95. The van der Waals surface area contributed by atoms with E-state index in [-0.39, 0.29) is 17.9 Å². The molecule has 2 fully saturated rings. The lowest BCUT2D eigenvalue weighted by Crippen LogP contribution is -2.51. The number of aliphatic hydroxyl groups is 2. The molecule has 0 saturated carbocycles. The Labute approximate surface area is 77.5 Å². The highest BCUT2D eigenvalue weighted by atomic mass is 16.7. The fourth-order valence-corrected chi connectivity index (χ4v) is 2.22. The molecule has 0 radical (unpaired) electrons. The minimum absolute atomic E-state index is 0.133. The van der Waals surface area contributed by atoms with E-state index < -0.39 is 18.5 Å². The topological polar surface area (TPSA) is 58.9 Å². The van der Waals surface area contributed by atoms with E-state index in [1.807, 2.05) is 13.8 Å². The molecule has 2 aliphatic rings. The van der Waals surface area contributed by atoms with Gasteiger partial charge in [-0.1, -0.05) is 13.8 Å². The average Bonchev–Trinajstić information content (AvgIpc) is 2.46. The summed E-state index contributed by atoms with van der Waals surface area (Å²) in [5.74, 6) is 0.104. The highest BCUT2D eigenvalue weighted by molar-refractivity contribution is 4.93. The SMILES string of the molecule is CC(C)[C@H]1[C@H](O)[C@@H]2OC[C@@H](O2)[C@H]1O. The quantitative estimate of drug-likeness (QED) is 0.595. The van der Waals surface area contributed by atoms with E-state index >= 15 is 0 Å². The van der Waals surface area contributed by atoms with Crippen LogP contribution in [0, 0.1) is 11.8 Å². The summed E-state index contributed by atoms with van der Waals surface area (Å²) in [6.45, 7) is 4.37. The zero-order valence-corrected chi connectivity index (χ0v) is 7.88. The van der Waals surface area contributed by atoms with Crippen molar-refractivity contribution in [3.8, 4) is 0 Å². The fraction of sp³-hybridized carbons (Fsp3) is 1.00. The highest BCUT2D eigenvalue weighted by Gasteiger charge is 2.50. The smallest absolute Gasteiger partial charge is 0.184 e. The van der Waals surface area contributed by atoms with Crippen LogP contribution in [0.15, 0.2) is 0 Å². The molecule has 4 heteroatoms. The van der Waals surface area contributed by atoms with Crippen molar-refractivity contribution in [2.45, 2.75) is 38.4 Å². The summed E-state index contributed by atoms with van der Waals surface area (Å²) < 4.78 is 10.5. The highest BCUT2D eigenvalue weighted by Crippen LogP contribution is 2.35. The second kappa shape index (κ2) is 3.20. The zero-order chi connectivity index (χ0) is 9.59. The van der Waals surface area contributed by atoms with E-state index in [2.05, 4.69) is 0 Å². The number of aliphatic hydroxyl groups excluding tert-OH is 2. The van der Waals surface area contributed by atoms with Crippen LogP contribution in [0.4, 0.5) is 0 Å². The van der Waals surface area contributed by atoms with Crippen LogP contribution in [0.2, 0.25) is 0 Å². The molecule has 0 aromatic carbocycles. The number of fused-ring (bicyclic) bond motifs is 2. The second-order valence-corrected chi connectivity index (χ2v) is 4.18. The molecule has 0 aromatic rings. The molecule has 2 bridgehead atoms. The molecule has 2 N–H and O–H groups in total. The lowest BCUT2D eigenvalue weighted by atomic mass is 9.82. The maximum absolute atomic E-state index is 9.83. The maximum Gasteiger partial charge on any atom is 0.184 e. The van der Waals surface area contributed by atoms with Gasteiger partial charge in [-0.15, -0.1) is 0 Å². The van der Waals surface area contributed by atoms with Crippen molar-refractivity contribution < 1.29 is 19.7 Å². The molecule has 0 aromatic heterocycles. The molecular weight excluding hydrogens is 172 g/mol. The van der Waals surface area contributed by atoms with Gasteiger partial charge in [-0.05, 0) is 5.92 Å². The summed E-state index contributed by atoms with van der Waals surface area (Å²) in [5, 5.41) is 19.6. The number of rotatable bonds is 1. The zero-order valence-electron chi connectivity index (χ0n) is 7.88. The van der Waals surface area contributed by atoms with Gasteiger partial charge in [0.25, 0.3) is 0 Å². The van der Waals surface area contributed by atoms with Crippen LogP contribution < -0.4 is 0 Å². The molecule has 0 unspecified atom stereocenters. The lowest BCUT2D eigenvalue weighted by Gasteiger charge is -2.38. The van der Waals surface area contributed by atoms with Gasteiger partial charge >= 0.3 is 0 Å². The Hall–Kier alpha value is -0.160. The minimum Gasteiger partial charge on any atom is -0.390 e. The molecule has 13 heavy (non-hydrogen) atoms. The number of hydrogen-bond donors (Lipinski definition) is 2. The molecule has 2 aliphatic heterocycles. The third kappa shape index (κ3) is 1.38. The van der Waals surface area contributed by atoms with Crippen molar-refractivity contribution in [1.82, 2.24) is 0 Å². The standard InChI is InChI=1S/C9H16O4/c1-4(2)6-7(10)5-3-12-9(13-5)8(6)11/h4-11H,3H2,1-2H3/t5-,6-,7-,8+,9-/m1/s1. The van der Waals surface area contributed by atoms with Gasteiger partial charge in [0.1, 0.15) is 12.2 Å². The van der Waals surface area contributed by atoms with Gasteiger partial charge in [-0.25, -0.2) is 0 Å². The minimum atomic E-state index is -0.700. The molecule has 0 spiro atoms. The fourth-order valence-electron chi connectivity index (χ4n) is 2.22. The molecule has 0 amide bonds. The molecule has 76 valence electrons. The van der Waals surface area contributed by atoms with Crippen molar-refractivity contribution in [3.05, 3.63) is 0 Å². The summed E-state index contributed by atoms with van der Waals surface area (Å²) in [4.78, 5) is 0. The molecule has 2 heterocycles. The first-order chi connectivity index (χ1) is 6.11. The first-order valence-corrected chi connectivity index (χ1v) is 4.74. The van der Waals surface area contributed by atoms with Crippen molar-refractivity contribution in [2.24, 2.45) is 11.8 Å². The van der Waals surface area contributed by atoms with Crippen LogP contribution in [-0.4, -0.2) is 41.4 Å². The van der Waals surface area contributed by atoms with Crippen molar-refractivity contribution >= 4 is 0 Å². The van der Waals surface area contributed by atoms with Gasteiger partial charge in [0.15, 0.2) is 6.29 Å². The van der Waals surface area contributed by atoms with E-state index in [4.69, 9.17) is 9.47 Å². The van der Waals surface area contributed by atoms with Crippen molar-refractivity contribution in [1.29, 1.82) is 0 Å². The molecule has 4 nitrogen and oxygen atoms in total. The van der Waals surface area contributed by atoms with Gasteiger partial charge in [-0.2, -0.15) is 0 Å². The van der Waals surface area contributed by atoms with Gasteiger partial charge in [-0.3, -0.25) is 0 Å². The van der Waals surface area contributed by atoms with Crippen LogP contribution >= 0.6 is 0 Å². The summed E-state index contributed by atoms with van der Waals surface area (Å²) >= 11 is 0. The Kier molecular flexibility index (Phi) is 2.32. The summed E-state index contributed by atoms with van der Waals surface area (Å²) in [6, 6.07) is 0. The van der Waals surface area contributed by atoms with Gasteiger partial charge < -0.3 is 19.7 Å². The van der Waals surface area contributed by atoms with E-state index in [1.165, 1.54) is 0 Å². The number of hydrogen-bond acceptors (Lipinski definition) is 4. The normalized spacial score (nSPS) is 50.1. The average molecular weight is 188 g/mol. The van der Waals surface area contributed by atoms with Crippen LogP contribution in [-0.2, 0) is 9.47 Å². The molecule has 0 aliphatic carbocycles. The summed E-state index contributed by atoms with van der Waals surface area (Å²) in [6.07, 6.45) is -2.08. The number of ether oxygens (including phenoxy) is 2. The predicted molar refractivity (Wildman–Crippen MR) is 45.0 cm³/mol. The molecule has 2 saturated heterocycles. The molecule has 5 atom stereocenters. The van der Waals surface area contributed by atoms with Crippen molar-refractivity contribution in [2.75, 3.05) is 6.61 Å². The van der Waals surface area contributed by atoms with Crippen LogP contribution in [0.3, 0.4) is 0 Å². The van der Waals surface area contributed by atoms with Crippen LogP contribution in [0.1, 0.15) is 13.8 Å². The molecule has 2 rings (SSSR count). The van der Waals surface area contributed by atoms with E-state index in [9.17, 15) is 10.2 Å². The summed E-state index contributed by atoms with van der Waals surface area (Å²) in [5.41, 5.74) is 0. The Balaban J connectivity index is 2.17. The van der Waals surface area contributed by atoms with E-state index in [1.54, 1.807) is 0 Å². The maximum atomic E-state index is 9.83. The first-order valence-electron chi connectivity index (χ1n) is 4.74. The largest absolute Gasteiger partial charge is 0.390 e. The predicted octanol–water partition coefficient (Wildman–Crippen LogP) is -0.265. The summed E-state index contributed by atoms with van der Waals surface area (Å²) in [7, 11) is 0. The monoisotopic (exact) mass is 188 g/mol. The Morgan fingerprint density at radius 2 is 1.92 bits per heavy atom. The van der Waals surface area contributed by atoms with E-state index in [0.717, 1.165) is 0 Å². The van der Waals surface area contributed by atoms with Crippen molar-refractivity contribution in [3.63, 3.8) is 0 Å². The molecular formula is C9H16O4. The lowest BCUT2D eigenvalue weighted by molar-refractivity contribution is -0.216. The Morgan fingerprint density at radius 3 is 2.54 bits per heavy atom. The Morgan fingerprint density at radius 1 is 1.23 bits per heavy atom. The first kappa shape index (κ1) is 9.40. The van der Waals surface area contributed by atoms with Gasteiger partial charge in [0, 0.05) is 5.92 Å². The van der Waals surface area contributed by atoms with Gasteiger partial charge in [0.05, 0.1) is 12.7 Å². The third-order valence-corrected chi connectivity index (χ3v) is 2.95.